The van der Waals surface area contributed by atoms with Gasteiger partial charge >= 0.3 is 6.03 Å². The van der Waals surface area contributed by atoms with Crippen molar-refractivity contribution in [3.8, 4) is 0 Å². The molecule has 0 atom stereocenters. The molecule has 0 fully saturated rings. The van der Waals surface area contributed by atoms with Gasteiger partial charge in [0.25, 0.3) is 0 Å². The van der Waals surface area contributed by atoms with Gasteiger partial charge in [-0.2, -0.15) is 5.10 Å². The van der Waals surface area contributed by atoms with Crippen LogP contribution in [0.3, 0.4) is 0 Å². The quantitative estimate of drug-likeness (QED) is 0.388. The maximum absolute atomic E-state index is 10.4. The Balaban J connectivity index is 3.50. The lowest BCUT2D eigenvalue weighted by Crippen LogP contribution is -2.29. The molecule has 2 amide bonds. The summed E-state index contributed by atoms with van der Waals surface area (Å²) < 4.78 is 0. The van der Waals surface area contributed by atoms with Crippen LogP contribution >= 0.6 is 0 Å². The second-order valence-corrected chi connectivity index (χ2v) is 1.75. The minimum atomic E-state index is -0.295. The number of hydrazone groups is 1. The molecule has 4 heteroatoms. The Hall–Kier alpha value is -1.06. The van der Waals surface area contributed by atoms with Gasteiger partial charge in [0.05, 0.1) is 0 Å². The van der Waals surface area contributed by atoms with Crippen molar-refractivity contribution in [1.29, 1.82) is 0 Å². The number of carbonyl (C=O) groups is 1. The molecule has 0 aromatic carbocycles. The molecular formula is C5H11N3O. The van der Waals surface area contributed by atoms with E-state index >= 15 is 0 Å². The van der Waals surface area contributed by atoms with E-state index < -0.39 is 0 Å². The molecular weight excluding hydrogens is 118 g/mol. The first-order valence-corrected chi connectivity index (χ1v) is 2.65. The van der Waals surface area contributed by atoms with Gasteiger partial charge in [0, 0.05) is 12.8 Å². The van der Waals surface area contributed by atoms with Crippen LogP contribution in [-0.4, -0.2) is 18.8 Å². The lowest BCUT2D eigenvalue weighted by molar-refractivity contribution is 0.243. The fraction of sp³-hybridized carbons (Fsp3) is 0.600. The van der Waals surface area contributed by atoms with E-state index in [0.29, 0.717) is 0 Å². The highest BCUT2D eigenvalue weighted by atomic mass is 16.2. The highest BCUT2D eigenvalue weighted by molar-refractivity contribution is 5.81. The molecule has 2 N–H and O–H groups in total. The molecule has 0 rings (SSSR count). The maximum Gasteiger partial charge on any atom is 0.334 e. The summed E-state index contributed by atoms with van der Waals surface area (Å²) >= 11 is 0. The Morgan fingerprint density at radius 3 is 2.33 bits per heavy atom. The second-order valence-electron chi connectivity index (χ2n) is 1.75. The Labute approximate surface area is 54.3 Å². The van der Waals surface area contributed by atoms with E-state index in [0.717, 1.165) is 5.71 Å². The number of carbonyl (C=O) groups excluding carboxylic acids is 1. The molecule has 0 saturated carbocycles. The zero-order valence-corrected chi connectivity index (χ0v) is 5.86. The first-order chi connectivity index (χ1) is 4.16. The van der Waals surface area contributed by atoms with Crippen molar-refractivity contribution >= 4 is 11.7 Å². The summed E-state index contributed by atoms with van der Waals surface area (Å²) in [6.45, 7) is 3.60. The molecule has 0 bridgehead atoms. The lowest BCUT2D eigenvalue weighted by Gasteiger charge is -1.95. The summed E-state index contributed by atoms with van der Waals surface area (Å²) in [6.07, 6.45) is 0. The summed E-state index contributed by atoms with van der Waals surface area (Å²) in [5.74, 6) is 0. The van der Waals surface area contributed by atoms with Crippen LogP contribution in [0.1, 0.15) is 13.8 Å². The van der Waals surface area contributed by atoms with Crippen molar-refractivity contribution in [2.45, 2.75) is 13.8 Å². The Bertz CT molecular complexity index is 126. The highest BCUT2D eigenvalue weighted by Crippen LogP contribution is 1.68. The monoisotopic (exact) mass is 129 g/mol. The molecule has 0 aromatic rings. The lowest BCUT2D eigenvalue weighted by atomic mass is 10.5. The van der Waals surface area contributed by atoms with Crippen molar-refractivity contribution in [1.82, 2.24) is 10.7 Å². The number of urea groups is 1. The summed E-state index contributed by atoms with van der Waals surface area (Å²) in [4.78, 5) is 10.4. The Morgan fingerprint density at radius 1 is 1.44 bits per heavy atom. The second kappa shape index (κ2) is 3.88. The average molecular weight is 129 g/mol. The summed E-state index contributed by atoms with van der Waals surface area (Å²) in [5, 5.41) is 6.01. The first-order valence-electron chi connectivity index (χ1n) is 2.65. The molecule has 0 heterocycles. The van der Waals surface area contributed by atoms with E-state index in [-0.39, 0.29) is 6.03 Å². The fourth-order valence-electron chi connectivity index (χ4n) is 0.218. The van der Waals surface area contributed by atoms with E-state index in [1.807, 2.05) is 0 Å². The van der Waals surface area contributed by atoms with Gasteiger partial charge < -0.3 is 5.32 Å². The molecule has 0 spiro atoms. The van der Waals surface area contributed by atoms with E-state index in [1.165, 1.54) is 7.05 Å². The first kappa shape index (κ1) is 7.94. The van der Waals surface area contributed by atoms with Gasteiger partial charge in [-0.05, 0) is 13.8 Å². The van der Waals surface area contributed by atoms with E-state index in [9.17, 15) is 4.79 Å². The number of nitrogens with one attached hydrogen (secondary N) is 2. The van der Waals surface area contributed by atoms with Crippen LogP contribution in [-0.2, 0) is 0 Å². The normalized spacial score (nSPS) is 7.89. The Morgan fingerprint density at radius 2 is 2.00 bits per heavy atom. The molecule has 0 aromatic heterocycles. The van der Waals surface area contributed by atoms with E-state index in [2.05, 4.69) is 15.8 Å². The number of amides is 2. The Kier molecular flexibility index (Phi) is 3.43. The highest BCUT2D eigenvalue weighted by Gasteiger charge is 1.88. The van der Waals surface area contributed by atoms with Crippen molar-refractivity contribution in [2.75, 3.05) is 7.05 Å². The zero-order valence-electron chi connectivity index (χ0n) is 5.86. The molecule has 0 aliphatic heterocycles. The summed E-state index contributed by atoms with van der Waals surface area (Å²) in [6, 6.07) is -0.295. The van der Waals surface area contributed by atoms with Gasteiger partial charge in [-0.1, -0.05) is 0 Å². The third-order valence-electron chi connectivity index (χ3n) is 0.608. The minimum absolute atomic E-state index is 0.295. The minimum Gasteiger partial charge on any atom is -0.340 e. The number of hydrogen-bond acceptors (Lipinski definition) is 2. The van der Waals surface area contributed by atoms with Crippen molar-refractivity contribution in [3.63, 3.8) is 0 Å². The smallest absolute Gasteiger partial charge is 0.334 e. The van der Waals surface area contributed by atoms with Gasteiger partial charge in [-0.25, -0.2) is 10.2 Å². The molecule has 0 unspecified atom stereocenters. The largest absolute Gasteiger partial charge is 0.340 e. The third-order valence-corrected chi connectivity index (χ3v) is 0.608. The molecule has 0 radical (unpaired) electrons. The standard InChI is InChI=1S/C5H11N3O/c1-4(2)7-8-5(9)6-3/h1-3H3,(H2,6,8,9). The van der Waals surface area contributed by atoms with E-state index in [1.54, 1.807) is 13.8 Å². The summed E-state index contributed by atoms with van der Waals surface area (Å²) in [5.41, 5.74) is 3.09. The van der Waals surface area contributed by atoms with Gasteiger partial charge in [0.1, 0.15) is 0 Å². The van der Waals surface area contributed by atoms with Crippen molar-refractivity contribution < 1.29 is 4.79 Å². The van der Waals surface area contributed by atoms with Gasteiger partial charge in [0.2, 0.25) is 0 Å². The number of hydrogen-bond donors (Lipinski definition) is 2. The van der Waals surface area contributed by atoms with Crippen LogP contribution in [0.25, 0.3) is 0 Å². The van der Waals surface area contributed by atoms with Crippen LogP contribution in [0.5, 0.6) is 0 Å². The molecule has 0 aliphatic carbocycles. The molecule has 4 nitrogen and oxygen atoms in total. The van der Waals surface area contributed by atoms with Crippen LogP contribution in [0.4, 0.5) is 4.79 Å². The average Bonchev–Trinajstić information content (AvgIpc) is 1.83. The van der Waals surface area contributed by atoms with Gasteiger partial charge in [-0.3, -0.25) is 0 Å². The maximum atomic E-state index is 10.4. The molecule has 0 saturated heterocycles. The number of nitrogens with zero attached hydrogens (tertiary/aromatic N) is 1. The SMILES string of the molecule is CNC(=O)NN=C(C)C. The van der Waals surface area contributed by atoms with Gasteiger partial charge in [0.15, 0.2) is 0 Å². The topological polar surface area (TPSA) is 53.5 Å². The van der Waals surface area contributed by atoms with Gasteiger partial charge in [-0.15, -0.1) is 0 Å². The van der Waals surface area contributed by atoms with E-state index in [4.69, 9.17) is 0 Å². The van der Waals surface area contributed by atoms with Crippen molar-refractivity contribution in [3.05, 3.63) is 0 Å². The van der Waals surface area contributed by atoms with Crippen LogP contribution in [0, 0.1) is 0 Å². The number of rotatable bonds is 1. The predicted octanol–water partition coefficient (Wildman–Crippen LogP) is 0.311. The van der Waals surface area contributed by atoms with Crippen LogP contribution in [0.2, 0.25) is 0 Å². The zero-order chi connectivity index (χ0) is 7.28. The third kappa shape index (κ3) is 4.80. The molecule has 0 aliphatic rings. The fourth-order valence-corrected chi connectivity index (χ4v) is 0.218. The summed E-state index contributed by atoms with van der Waals surface area (Å²) in [7, 11) is 1.54. The van der Waals surface area contributed by atoms with Crippen LogP contribution < -0.4 is 10.7 Å². The van der Waals surface area contributed by atoms with Crippen molar-refractivity contribution in [2.24, 2.45) is 5.10 Å². The van der Waals surface area contributed by atoms with Crippen LogP contribution in [0.15, 0.2) is 5.10 Å². The predicted molar refractivity (Wildman–Crippen MR) is 36.4 cm³/mol. The molecule has 9 heavy (non-hydrogen) atoms. The molecule has 52 valence electrons.